The Bertz CT molecular complexity index is 500. The summed E-state index contributed by atoms with van der Waals surface area (Å²) in [4.78, 5) is 4.18. The molecule has 1 aromatic carbocycles. The molecule has 4 heteroatoms. The summed E-state index contributed by atoms with van der Waals surface area (Å²) in [5.41, 5.74) is 7.38. The quantitative estimate of drug-likeness (QED) is 0.840. The highest BCUT2D eigenvalue weighted by Gasteiger charge is 1.99. The molecule has 3 N–H and O–H groups in total. The summed E-state index contributed by atoms with van der Waals surface area (Å²) in [6, 6.07) is 10.5. The fourth-order valence-corrected chi connectivity index (χ4v) is 1.46. The van der Waals surface area contributed by atoms with Crippen LogP contribution in [0.4, 0.5) is 0 Å². The lowest BCUT2D eigenvalue weighted by atomic mass is 10.2. The maximum atomic E-state index is 9.28. The van der Waals surface area contributed by atoms with Crippen molar-refractivity contribution in [3.63, 3.8) is 0 Å². The largest absolute Gasteiger partial charge is 0.508 e. The summed E-state index contributed by atoms with van der Waals surface area (Å²) < 4.78 is 5.51. The third-order valence-corrected chi connectivity index (χ3v) is 2.32. The number of aromatic nitrogens is 1. The summed E-state index contributed by atoms with van der Waals surface area (Å²) in [6.07, 6.45) is 1.71. The number of nitrogens with two attached hydrogens (primary N) is 1. The summed E-state index contributed by atoms with van der Waals surface area (Å²) in [6.45, 7) is 0.846. The first-order chi connectivity index (χ1) is 8.28. The first-order valence-corrected chi connectivity index (χ1v) is 5.33. The molecule has 17 heavy (non-hydrogen) atoms. The first-order valence-electron chi connectivity index (χ1n) is 5.33. The number of hydrogen-bond donors (Lipinski definition) is 2. The van der Waals surface area contributed by atoms with Crippen molar-refractivity contribution >= 4 is 0 Å². The lowest BCUT2D eigenvalue weighted by Gasteiger charge is -2.06. The van der Waals surface area contributed by atoms with Crippen LogP contribution in [0.25, 0.3) is 0 Å². The van der Waals surface area contributed by atoms with Crippen LogP contribution in [0.5, 0.6) is 11.5 Å². The molecule has 2 rings (SSSR count). The third kappa shape index (κ3) is 3.19. The number of rotatable bonds is 4. The lowest BCUT2D eigenvalue weighted by molar-refractivity contribution is 0.299. The minimum atomic E-state index is 0.186. The zero-order valence-corrected chi connectivity index (χ0v) is 9.34. The summed E-state index contributed by atoms with van der Waals surface area (Å²) in [5.74, 6) is 0.802. The van der Waals surface area contributed by atoms with Gasteiger partial charge in [-0.05, 0) is 29.8 Å². The molecule has 0 aliphatic carbocycles. The number of benzene rings is 1. The van der Waals surface area contributed by atoms with Gasteiger partial charge in [-0.3, -0.25) is 4.98 Å². The number of pyridine rings is 1. The Morgan fingerprint density at radius 1 is 1.24 bits per heavy atom. The van der Waals surface area contributed by atoms with Crippen molar-refractivity contribution < 1.29 is 9.84 Å². The highest BCUT2D eigenvalue weighted by atomic mass is 16.5. The maximum absolute atomic E-state index is 9.28. The molecule has 1 heterocycles. The highest BCUT2D eigenvalue weighted by Crippen LogP contribution is 2.18. The van der Waals surface area contributed by atoms with Gasteiger partial charge >= 0.3 is 0 Å². The van der Waals surface area contributed by atoms with Crippen LogP contribution < -0.4 is 10.5 Å². The predicted molar refractivity (Wildman–Crippen MR) is 64.6 cm³/mol. The maximum Gasteiger partial charge on any atom is 0.130 e. The van der Waals surface area contributed by atoms with E-state index >= 15 is 0 Å². The predicted octanol–water partition coefficient (Wildman–Crippen LogP) is 1.82. The van der Waals surface area contributed by atoms with Gasteiger partial charge in [0.15, 0.2) is 0 Å². The van der Waals surface area contributed by atoms with Crippen LogP contribution in [-0.2, 0) is 13.2 Å². The average molecular weight is 230 g/mol. The zero-order chi connectivity index (χ0) is 12.1. The SMILES string of the molecule is NCc1ccnc(COc2cccc(O)c2)c1. The Morgan fingerprint density at radius 2 is 2.12 bits per heavy atom. The molecule has 0 aliphatic rings. The molecule has 0 bridgehead atoms. The molecule has 1 aromatic heterocycles. The Kier molecular flexibility index (Phi) is 3.57. The standard InChI is InChI=1S/C13H14N2O2/c14-8-10-4-5-15-11(6-10)9-17-13-3-1-2-12(16)7-13/h1-7,16H,8-9,14H2. The average Bonchev–Trinajstić information content (AvgIpc) is 2.37. The fraction of sp³-hybridized carbons (Fsp3) is 0.154. The smallest absolute Gasteiger partial charge is 0.130 e. The number of ether oxygens (including phenoxy) is 1. The van der Waals surface area contributed by atoms with Crippen LogP contribution in [0.3, 0.4) is 0 Å². The molecule has 0 saturated heterocycles. The van der Waals surface area contributed by atoms with Crippen molar-refractivity contribution in [2.75, 3.05) is 0 Å². The number of hydrogen-bond acceptors (Lipinski definition) is 4. The van der Waals surface area contributed by atoms with Crippen LogP contribution in [0.1, 0.15) is 11.3 Å². The minimum Gasteiger partial charge on any atom is -0.508 e. The molecular formula is C13H14N2O2. The van der Waals surface area contributed by atoms with Gasteiger partial charge < -0.3 is 15.6 Å². The van der Waals surface area contributed by atoms with Gasteiger partial charge in [0.25, 0.3) is 0 Å². The van der Waals surface area contributed by atoms with Gasteiger partial charge in [-0.2, -0.15) is 0 Å². The van der Waals surface area contributed by atoms with E-state index in [4.69, 9.17) is 10.5 Å². The van der Waals surface area contributed by atoms with E-state index in [2.05, 4.69) is 4.98 Å². The van der Waals surface area contributed by atoms with E-state index in [0.717, 1.165) is 11.3 Å². The molecule has 0 atom stereocenters. The van der Waals surface area contributed by atoms with Crippen LogP contribution in [0, 0.1) is 0 Å². The normalized spacial score (nSPS) is 10.2. The summed E-state index contributed by atoms with van der Waals surface area (Å²) >= 11 is 0. The summed E-state index contributed by atoms with van der Waals surface area (Å²) in [7, 11) is 0. The van der Waals surface area contributed by atoms with Crippen molar-refractivity contribution in [1.82, 2.24) is 4.98 Å². The van der Waals surface area contributed by atoms with Gasteiger partial charge in [-0.1, -0.05) is 6.07 Å². The van der Waals surface area contributed by atoms with Crippen LogP contribution in [0.15, 0.2) is 42.6 Å². The van der Waals surface area contributed by atoms with Gasteiger partial charge in [0.2, 0.25) is 0 Å². The van der Waals surface area contributed by atoms with Gasteiger partial charge in [0.1, 0.15) is 18.1 Å². The summed E-state index contributed by atoms with van der Waals surface area (Å²) in [5, 5.41) is 9.28. The van der Waals surface area contributed by atoms with E-state index in [1.165, 1.54) is 0 Å². The minimum absolute atomic E-state index is 0.186. The number of phenols is 1. The van der Waals surface area contributed by atoms with Crippen molar-refractivity contribution in [2.45, 2.75) is 13.2 Å². The molecule has 0 spiro atoms. The van der Waals surface area contributed by atoms with E-state index < -0.39 is 0 Å². The van der Waals surface area contributed by atoms with E-state index in [9.17, 15) is 5.11 Å². The Labute approximate surface area is 99.7 Å². The van der Waals surface area contributed by atoms with E-state index in [0.29, 0.717) is 18.9 Å². The molecule has 0 saturated carbocycles. The Morgan fingerprint density at radius 3 is 2.88 bits per heavy atom. The first kappa shape index (κ1) is 11.4. The monoisotopic (exact) mass is 230 g/mol. The van der Waals surface area contributed by atoms with Crippen LogP contribution in [0.2, 0.25) is 0 Å². The number of phenolic OH excluding ortho intramolecular Hbond substituents is 1. The van der Waals surface area contributed by atoms with Crippen molar-refractivity contribution in [1.29, 1.82) is 0 Å². The fourth-order valence-electron chi connectivity index (χ4n) is 1.46. The molecule has 2 aromatic rings. The number of nitrogens with zero attached hydrogens (tertiary/aromatic N) is 1. The topological polar surface area (TPSA) is 68.4 Å². The van der Waals surface area contributed by atoms with Gasteiger partial charge in [-0.15, -0.1) is 0 Å². The molecule has 0 radical (unpaired) electrons. The Balaban J connectivity index is 2.02. The van der Waals surface area contributed by atoms with Gasteiger partial charge in [-0.25, -0.2) is 0 Å². The molecule has 4 nitrogen and oxygen atoms in total. The zero-order valence-electron chi connectivity index (χ0n) is 9.34. The second-order valence-corrected chi connectivity index (χ2v) is 3.65. The Hall–Kier alpha value is -2.07. The molecule has 0 amide bonds. The molecule has 0 fully saturated rings. The van der Waals surface area contributed by atoms with Crippen molar-refractivity contribution in [3.05, 3.63) is 53.9 Å². The molecular weight excluding hydrogens is 216 g/mol. The van der Waals surface area contributed by atoms with E-state index in [1.807, 2.05) is 12.1 Å². The lowest BCUT2D eigenvalue weighted by Crippen LogP contribution is -2.02. The van der Waals surface area contributed by atoms with Crippen LogP contribution in [-0.4, -0.2) is 10.1 Å². The van der Waals surface area contributed by atoms with E-state index in [-0.39, 0.29) is 5.75 Å². The van der Waals surface area contributed by atoms with E-state index in [1.54, 1.807) is 30.5 Å². The second kappa shape index (κ2) is 5.32. The number of aromatic hydroxyl groups is 1. The van der Waals surface area contributed by atoms with Crippen molar-refractivity contribution in [2.24, 2.45) is 5.73 Å². The van der Waals surface area contributed by atoms with Crippen LogP contribution >= 0.6 is 0 Å². The molecule has 88 valence electrons. The third-order valence-electron chi connectivity index (χ3n) is 2.32. The highest BCUT2D eigenvalue weighted by molar-refractivity contribution is 5.31. The second-order valence-electron chi connectivity index (χ2n) is 3.65. The van der Waals surface area contributed by atoms with Crippen molar-refractivity contribution in [3.8, 4) is 11.5 Å². The van der Waals surface area contributed by atoms with Gasteiger partial charge in [0.05, 0.1) is 5.69 Å². The molecule has 0 aliphatic heterocycles. The molecule has 0 unspecified atom stereocenters. The van der Waals surface area contributed by atoms with Gasteiger partial charge in [0, 0.05) is 18.8 Å².